The van der Waals surface area contributed by atoms with E-state index in [0.29, 0.717) is 0 Å². The van der Waals surface area contributed by atoms with Crippen LogP contribution in [-0.2, 0) is 0 Å². The molecule has 2 N–H and O–H groups in total. The maximum absolute atomic E-state index is 6.51. The molecule has 1 heterocycles. The summed E-state index contributed by atoms with van der Waals surface area (Å²) in [5.41, 5.74) is 9.00. The highest BCUT2D eigenvalue weighted by molar-refractivity contribution is 5.41. The van der Waals surface area contributed by atoms with Crippen molar-refractivity contribution < 1.29 is 4.74 Å². The van der Waals surface area contributed by atoms with Crippen LogP contribution in [0.4, 0.5) is 0 Å². The average molecular weight is 271 g/mol. The summed E-state index contributed by atoms with van der Waals surface area (Å²) in [5.74, 6) is 2.93. The first-order valence-electron chi connectivity index (χ1n) is 8.20. The number of rotatable bonds is 1. The van der Waals surface area contributed by atoms with Crippen molar-refractivity contribution in [3.05, 3.63) is 29.3 Å². The zero-order valence-corrected chi connectivity index (χ0v) is 12.4. The van der Waals surface area contributed by atoms with Gasteiger partial charge >= 0.3 is 0 Å². The Labute approximate surface area is 121 Å². The van der Waals surface area contributed by atoms with Crippen LogP contribution >= 0.6 is 0 Å². The molecule has 2 nitrogen and oxygen atoms in total. The lowest BCUT2D eigenvalue weighted by Gasteiger charge is -2.46. The van der Waals surface area contributed by atoms with Crippen molar-refractivity contribution in [1.29, 1.82) is 0 Å². The predicted octanol–water partition coefficient (Wildman–Crippen LogP) is 4.12. The van der Waals surface area contributed by atoms with Gasteiger partial charge in [0.2, 0.25) is 0 Å². The third kappa shape index (κ3) is 2.14. The van der Waals surface area contributed by atoms with Crippen molar-refractivity contribution in [1.82, 2.24) is 0 Å². The van der Waals surface area contributed by atoms with Crippen molar-refractivity contribution in [3.63, 3.8) is 0 Å². The molecule has 2 unspecified atom stereocenters. The van der Waals surface area contributed by atoms with Crippen molar-refractivity contribution in [2.45, 2.75) is 63.5 Å². The molecular weight excluding hydrogens is 246 g/mol. The fourth-order valence-electron chi connectivity index (χ4n) is 4.45. The van der Waals surface area contributed by atoms with Gasteiger partial charge in [0.25, 0.3) is 0 Å². The molecule has 3 atom stereocenters. The van der Waals surface area contributed by atoms with E-state index in [4.69, 9.17) is 10.5 Å². The molecule has 108 valence electrons. The van der Waals surface area contributed by atoms with E-state index in [-0.39, 0.29) is 11.6 Å². The topological polar surface area (TPSA) is 35.2 Å². The average Bonchev–Trinajstić information content (AvgIpc) is 3.24. The number of ether oxygens (including phenoxy) is 1. The number of benzene rings is 1. The first-order valence-corrected chi connectivity index (χ1v) is 8.20. The fraction of sp³-hybridized carbons (Fsp3) is 0.667. The van der Waals surface area contributed by atoms with Gasteiger partial charge in [-0.25, -0.2) is 0 Å². The molecule has 2 fully saturated rings. The Balaban J connectivity index is 1.62. The zero-order valence-electron chi connectivity index (χ0n) is 12.4. The highest BCUT2D eigenvalue weighted by Crippen LogP contribution is 2.52. The van der Waals surface area contributed by atoms with Gasteiger partial charge in [0.1, 0.15) is 11.4 Å². The maximum atomic E-state index is 6.51. The van der Waals surface area contributed by atoms with Crippen molar-refractivity contribution in [2.24, 2.45) is 17.6 Å². The Bertz CT molecular complexity index is 522. The van der Waals surface area contributed by atoms with Crippen LogP contribution in [-0.4, -0.2) is 5.60 Å². The molecule has 0 radical (unpaired) electrons. The van der Waals surface area contributed by atoms with Crippen LogP contribution in [0.5, 0.6) is 5.75 Å². The van der Waals surface area contributed by atoms with E-state index in [1.165, 1.54) is 49.7 Å². The summed E-state index contributed by atoms with van der Waals surface area (Å²) in [5, 5.41) is 0. The minimum atomic E-state index is 0.0349. The van der Waals surface area contributed by atoms with E-state index in [1.807, 2.05) is 0 Å². The van der Waals surface area contributed by atoms with Crippen molar-refractivity contribution in [3.8, 4) is 5.75 Å². The van der Waals surface area contributed by atoms with Crippen LogP contribution < -0.4 is 10.5 Å². The molecule has 1 spiro atoms. The molecule has 0 aromatic heterocycles. The summed E-state index contributed by atoms with van der Waals surface area (Å²) in [6, 6.07) is 6.63. The third-order valence-corrected chi connectivity index (χ3v) is 5.61. The molecule has 20 heavy (non-hydrogen) atoms. The Hall–Kier alpha value is -1.02. The lowest BCUT2D eigenvalue weighted by molar-refractivity contribution is -0.0207. The normalized spacial score (nSPS) is 36.5. The molecule has 0 amide bonds. The van der Waals surface area contributed by atoms with E-state index in [0.717, 1.165) is 24.0 Å². The molecule has 3 aliphatic rings. The molecule has 2 aliphatic carbocycles. The number of hydrogen-bond acceptors (Lipinski definition) is 2. The first-order chi connectivity index (χ1) is 9.65. The summed E-state index contributed by atoms with van der Waals surface area (Å²) in [7, 11) is 0. The predicted molar refractivity (Wildman–Crippen MR) is 80.8 cm³/mol. The number of nitrogens with two attached hydrogens (primary N) is 1. The smallest absolute Gasteiger partial charge is 0.124 e. The largest absolute Gasteiger partial charge is 0.487 e. The van der Waals surface area contributed by atoms with Gasteiger partial charge in [0.05, 0.1) is 0 Å². The fourth-order valence-corrected chi connectivity index (χ4v) is 4.45. The molecule has 4 rings (SSSR count). The van der Waals surface area contributed by atoms with Gasteiger partial charge in [-0.2, -0.15) is 0 Å². The summed E-state index contributed by atoms with van der Waals surface area (Å²) >= 11 is 0. The van der Waals surface area contributed by atoms with E-state index < -0.39 is 0 Å². The Morgan fingerprint density at radius 2 is 2.00 bits per heavy atom. The lowest BCUT2D eigenvalue weighted by atomic mass is 9.71. The van der Waals surface area contributed by atoms with Gasteiger partial charge in [-0.3, -0.25) is 0 Å². The molecule has 2 saturated carbocycles. The molecular formula is C18H25NO. The van der Waals surface area contributed by atoms with Crippen LogP contribution in [0.15, 0.2) is 18.2 Å². The molecule has 0 saturated heterocycles. The lowest BCUT2D eigenvalue weighted by Crippen LogP contribution is -2.46. The van der Waals surface area contributed by atoms with Crippen LogP contribution in [0.3, 0.4) is 0 Å². The van der Waals surface area contributed by atoms with Crippen LogP contribution in [0.25, 0.3) is 0 Å². The zero-order chi connectivity index (χ0) is 13.7. The molecule has 1 aromatic rings. The van der Waals surface area contributed by atoms with Crippen LogP contribution in [0, 0.1) is 18.8 Å². The molecule has 1 aromatic carbocycles. The number of aryl methyl sites for hydroxylation is 1. The summed E-state index contributed by atoms with van der Waals surface area (Å²) < 4.78 is 6.51. The summed E-state index contributed by atoms with van der Waals surface area (Å²) in [4.78, 5) is 0. The number of fused-ring (bicyclic) bond motifs is 1. The minimum absolute atomic E-state index is 0.0349. The summed E-state index contributed by atoms with van der Waals surface area (Å²) in [6.07, 6.45) is 9.05. The third-order valence-electron chi connectivity index (χ3n) is 5.61. The molecule has 2 heteroatoms. The van der Waals surface area contributed by atoms with Crippen molar-refractivity contribution >= 4 is 0 Å². The van der Waals surface area contributed by atoms with Gasteiger partial charge < -0.3 is 10.5 Å². The van der Waals surface area contributed by atoms with E-state index in [9.17, 15) is 0 Å². The van der Waals surface area contributed by atoms with Gasteiger partial charge in [-0.15, -0.1) is 0 Å². The standard InChI is InChI=1S/C18H25NO/c1-12-4-7-17-15(9-12)16(19)11-18(20-17)8-2-3-14(10-18)13-5-6-13/h4,7,9,13-14,16H,2-3,5-6,8,10-11,19H2,1H3/t14?,16-,18?/m1/s1. The Morgan fingerprint density at radius 3 is 2.80 bits per heavy atom. The maximum Gasteiger partial charge on any atom is 0.124 e. The van der Waals surface area contributed by atoms with Gasteiger partial charge in [0.15, 0.2) is 0 Å². The van der Waals surface area contributed by atoms with Gasteiger partial charge in [0, 0.05) is 18.0 Å². The van der Waals surface area contributed by atoms with Crippen molar-refractivity contribution in [2.75, 3.05) is 0 Å². The molecule has 1 aliphatic heterocycles. The second-order valence-electron chi connectivity index (χ2n) is 7.33. The quantitative estimate of drug-likeness (QED) is 0.834. The second-order valence-corrected chi connectivity index (χ2v) is 7.33. The van der Waals surface area contributed by atoms with Crippen LogP contribution in [0.2, 0.25) is 0 Å². The van der Waals surface area contributed by atoms with Gasteiger partial charge in [-0.1, -0.05) is 17.7 Å². The highest BCUT2D eigenvalue weighted by atomic mass is 16.5. The summed E-state index contributed by atoms with van der Waals surface area (Å²) in [6.45, 7) is 2.13. The SMILES string of the molecule is Cc1ccc2c(c1)[C@H](N)CC1(CCCC(C3CC3)C1)O2. The number of hydrogen-bond donors (Lipinski definition) is 1. The van der Waals surface area contributed by atoms with E-state index >= 15 is 0 Å². The first kappa shape index (κ1) is 12.7. The molecule has 0 bridgehead atoms. The highest BCUT2D eigenvalue weighted by Gasteiger charge is 2.46. The van der Waals surface area contributed by atoms with E-state index in [1.54, 1.807) is 0 Å². The van der Waals surface area contributed by atoms with Gasteiger partial charge in [-0.05, 0) is 63.4 Å². The van der Waals surface area contributed by atoms with E-state index in [2.05, 4.69) is 25.1 Å². The second kappa shape index (κ2) is 4.49. The Morgan fingerprint density at radius 1 is 1.15 bits per heavy atom. The monoisotopic (exact) mass is 271 g/mol. The van der Waals surface area contributed by atoms with Crippen LogP contribution in [0.1, 0.15) is 62.1 Å². The minimum Gasteiger partial charge on any atom is -0.487 e. The Kier molecular flexibility index (Phi) is 2.85.